The van der Waals surface area contributed by atoms with Gasteiger partial charge >= 0.3 is 5.97 Å². The number of carboxylic acids is 1. The van der Waals surface area contributed by atoms with Gasteiger partial charge in [0.15, 0.2) is 0 Å². The smallest absolute Gasteiger partial charge is 0.306 e. The molecule has 0 saturated carbocycles. The average Bonchev–Trinajstić information content (AvgIpc) is 2.30. The lowest BCUT2D eigenvalue weighted by molar-refractivity contribution is -0.142. The Bertz CT molecular complexity index is 348. The zero-order chi connectivity index (χ0) is 12.7. The van der Waals surface area contributed by atoms with Gasteiger partial charge in [0, 0.05) is 0 Å². The molecule has 4 N–H and O–H groups in total. The minimum absolute atomic E-state index is 0.198. The molecule has 0 aliphatic heterocycles. The first-order valence-corrected chi connectivity index (χ1v) is 5.84. The molecule has 0 saturated heterocycles. The Morgan fingerprint density at radius 1 is 1.24 bits per heavy atom. The summed E-state index contributed by atoms with van der Waals surface area (Å²) in [5.41, 5.74) is 6.32. The number of phenols is 1. The maximum Gasteiger partial charge on any atom is 0.306 e. The summed E-state index contributed by atoms with van der Waals surface area (Å²) in [6.45, 7) is 0.603. The molecule has 1 rings (SSSR count). The van der Waals surface area contributed by atoms with Crippen molar-refractivity contribution in [1.29, 1.82) is 0 Å². The number of carboxylic acid groups (broad SMARTS) is 1. The Morgan fingerprint density at radius 3 is 2.41 bits per heavy atom. The van der Waals surface area contributed by atoms with E-state index in [0.717, 1.165) is 18.4 Å². The quantitative estimate of drug-likeness (QED) is 0.631. The van der Waals surface area contributed by atoms with E-state index in [2.05, 4.69) is 0 Å². The summed E-state index contributed by atoms with van der Waals surface area (Å²) < 4.78 is 0. The molecule has 0 aromatic heterocycles. The maximum absolute atomic E-state index is 11.1. The van der Waals surface area contributed by atoms with Crippen LogP contribution in [0.5, 0.6) is 5.75 Å². The molecule has 17 heavy (non-hydrogen) atoms. The molecule has 1 aromatic carbocycles. The van der Waals surface area contributed by atoms with E-state index < -0.39 is 5.97 Å². The number of unbranched alkanes of at least 4 members (excludes halogenated alkanes) is 1. The molecule has 0 amide bonds. The van der Waals surface area contributed by atoms with Gasteiger partial charge in [-0.05, 0) is 43.5 Å². The van der Waals surface area contributed by atoms with Crippen LogP contribution in [0.2, 0.25) is 0 Å². The number of aromatic hydroxyl groups is 1. The number of phenolic OH excluding ortho intramolecular Hbond substituents is 1. The van der Waals surface area contributed by atoms with Crippen molar-refractivity contribution in [3.8, 4) is 5.75 Å². The summed E-state index contributed by atoms with van der Waals surface area (Å²) in [4.78, 5) is 11.1. The van der Waals surface area contributed by atoms with Crippen LogP contribution in [-0.4, -0.2) is 22.7 Å². The van der Waals surface area contributed by atoms with Gasteiger partial charge in [-0.25, -0.2) is 0 Å². The number of hydrogen-bond donors (Lipinski definition) is 3. The van der Waals surface area contributed by atoms with Gasteiger partial charge in [-0.3, -0.25) is 4.79 Å². The predicted octanol–water partition coefficient (Wildman–Crippen LogP) is 1.76. The van der Waals surface area contributed by atoms with E-state index in [4.69, 9.17) is 15.9 Å². The molecule has 1 atom stereocenters. The number of nitrogens with two attached hydrogens (primary N) is 1. The van der Waals surface area contributed by atoms with E-state index in [1.807, 2.05) is 0 Å². The molecule has 4 heteroatoms. The van der Waals surface area contributed by atoms with E-state index in [9.17, 15) is 4.79 Å². The highest BCUT2D eigenvalue weighted by Crippen LogP contribution is 2.17. The third-order valence-electron chi connectivity index (χ3n) is 2.77. The monoisotopic (exact) mass is 237 g/mol. The summed E-state index contributed by atoms with van der Waals surface area (Å²) in [6, 6.07) is 6.67. The van der Waals surface area contributed by atoms with Gasteiger partial charge in [-0.2, -0.15) is 0 Å². The molecule has 0 aliphatic rings. The van der Waals surface area contributed by atoms with E-state index in [1.54, 1.807) is 24.3 Å². The molecule has 0 aliphatic carbocycles. The van der Waals surface area contributed by atoms with Crippen LogP contribution in [0.15, 0.2) is 24.3 Å². The van der Waals surface area contributed by atoms with Crippen molar-refractivity contribution in [1.82, 2.24) is 0 Å². The Kier molecular flexibility index (Phi) is 5.49. The minimum Gasteiger partial charge on any atom is -0.508 e. The van der Waals surface area contributed by atoms with E-state index in [1.165, 1.54) is 0 Å². The molecule has 0 radical (unpaired) electrons. The summed E-state index contributed by atoms with van der Waals surface area (Å²) in [7, 11) is 0. The van der Waals surface area contributed by atoms with Gasteiger partial charge in [-0.1, -0.05) is 18.6 Å². The van der Waals surface area contributed by atoms with E-state index in [0.29, 0.717) is 19.4 Å². The zero-order valence-electron chi connectivity index (χ0n) is 9.80. The molecule has 1 unspecified atom stereocenters. The highest BCUT2D eigenvalue weighted by Gasteiger charge is 2.17. The lowest BCUT2D eigenvalue weighted by atomic mass is 9.94. The lowest BCUT2D eigenvalue weighted by Crippen LogP contribution is -2.17. The largest absolute Gasteiger partial charge is 0.508 e. The summed E-state index contributed by atoms with van der Waals surface area (Å²) >= 11 is 0. The van der Waals surface area contributed by atoms with Crippen LogP contribution in [0.1, 0.15) is 24.8 Å². The Balaban J connectivity index is 2.54. The standard InChI is InChI=1S/C13H19NO3/c14-8-2-1-3-11(13(16)17)9-10-4-6-12(15)7-5-10/h4-7,11,15H,1-3,8-9,14H2,(H,16,17). The van der Waals surface area contributed by atoms with Crippen molar-refractivity contribution in [2.45, 2.75) is 25.7 Å². The van der Waals surface area contributed by atoms with Gasteiger partial charge < -0.3 is 15.9 Å². The molecule has 0 fully saturated rings. The lowest BCUT2D eigenvalue weighted by Gasteiger charge is -2.12. The van der Waals surface area contributed by atoms with Crippen molar-refractivity contribution in [3.05, 3.63) is 29.8 Å². The Labute approximate surface area is 101 Å². The first-order valence-electron chi connectivity index (χ1n) is 5.84. The molecule has 0 bridgehead atoms. The molecule has 0 spiro atoms. The molecule has 1 aromatic rings. The van der Waals surface area contributed by atoms with Crippen molar-refractivity contribution in [2.24, 2.45) is 11.7 Å². The number of aliphatic carboxylic acids is 1. The average molecular weight is 237 g/mol. The van der Waals surface area contributed by atoms with Gasteiger partial charge in [-0.15, -0.1) is 0 Å². The summed E-state index contributed by atoms with van der Waals surface area (Å²) in [6.07, 6.45) is 2.85. The van der Waals surface area contributed by atoms with Gasteiger partial charge in [0.05, 0.1) is 5.92 Å². The SMILES string of the molecule is NCCCCC(Cc1ccc(O)cc1)C(=O)O. The molecule has 4 nitrogen and oxygen atoms in total. The second-order valence-corrected chi connectivity index (χ2v) is 4.19. The molecular formula is C13H19NO3. The van der Waals surface area contributed by atoms with Crippen LogP contribution in [0.4, 0.5) is 0 Å². The van der Waals surface area contributed by atoms with Crippen LogP contribution in [0.3, 0.4) is 0 Å². The third kappa shape index (κ3) is 4.87. The highest BCUT2D eigenvalue weighted by molar-refractivity contribution is 5.70. The minimum atomic E-state index is -0.768. The van der Waals surface area contributed by atoms with Crippen molar-refractivity contribution < 1.29 is 15.0 Å². The van der Waals surface area contributed by atoms with E-state index in [-0.39, 0.29) is 11.7 Å². The zero-order valence-corrected chi connectivity index (χ0v) is 9.80. The topological polar surface area (TPSA) is 83.5 Å². The second kappa shape index (κ2) is 6.91. The Morgan fingerprint density at radius 2 is 1.88 bits per heavy atom. The molecule has 0 heterocycles. The van der Waals surface area contributed by atoms with E-state index >= 15 is 0 Å². The van der Waals surface area contributed by atoms with Gasteiger partial charge in [0.2, 0.25) is 0 Å². The number of hydrogen-bond acceptors (Lipinski definition) is 3. The van der Waals surface area contributed by atoms with Crippen LogP contribution < -0.4 is 5.73 Å². The first kappa shape index (κ1) is 13.5. The number of rotatable bonds is 7. The summed E-state index contributed by atoms with van der Waals surface area (Å²) in [5, 5.41) is 18.3. The van der Waals surface area contributed by atoms with Crippen LogP contribution in [0.25, 0.3) is 0 Å². The first-order chi connectivity index (χ1) is 8.13. The molecular weight excluding hydrogens is 218 g/mol. The fourth-order valence-electron chi connectivity index (χ4n) is 1.76. The Hall–Kier alpha value is -1.55. The maximum atomic E-state index is 11.1. The van der Waals surface area contributed by atoms with Crippen LogP contribution in [0, 0.1) is 5.92 Å². The van der Waals surface area contributed by atoms with Gasteiger partial charge in [0.25, 0.3) is 0 Å². The normalized spacial score (nSPS) is 12.3. The highest BCUT2D eigenvalue weighted by atomic mass is 16.4. The van der Waals surface area contributed by atoms with Crippen molar-refractivity contribution in [2.75, 3.05) is 6.54 Å². The number of carbonyl (C=O) groups is 1. The van der Waals surface area contributed by atoms with Crippen LogP contribution >= 0.6 is 0 Å². The van der Waals surface area contributed by atoms with Crippen LogP contribution in [-0.2, 0) is 11.2 Å². The second-order valence-electron chi connectivity index (χ2n) is 4.19. The number of benzene rings is 1. The van der Waals surface area contributed by atoms with Crippen molar-refractivity contribution in [3.63, 3.8) is 0 Å². The van der Waals surface area contributed by atoms with Gasteiger partial charge in [0.1, 0.15) is 5.75 Å². The summed E-state index contributed by atoms with van der Waals surface area (Å²) in [5.74, 6) is -0.940. The fourth-order valence-corrected chi connectivity index (χ4v) is 1.76. The third-order valence-corrected chi connectivity index (χ3v) is 2.77. The van der Waals surface area contributed by atoms with Crippen molar-refractivity contribution >= 4 is 5.97 Å². The predicted molar refractivity (Wildman–Crippen MR) is 65.8 cm³/mol. The molecule has 94 valence electrons. The fraction of sp³-hybridized carbons (Fsp3) is 0.462.